The number of amides is 1. The Balaban J connectivity index is 2.07. The number of hydrogen-bond donors (Lipinski definition) is 1. The third kappa shape index (κ3) is 4.32. The third-order valence-corrected chi connectivity index (χ3v) is 3.35. The van der Waals surface area contributed by atoms with Crippen LogP contribution in [0.3, 0.4) is 0 Å². The molecule has 8 heteroatoms. The molecular formula is C15H18F2N4O2. The van der Waals surface area contributed by atoms with Crippen LogP contribution in [0.5, 0.6) is 0 Å². The zero-order valence-corrected chi connectivity index (χ0v) is 12.9. The maximum absolute atomic E-state index is 13.6. The number of nitrogens with one attached hydrogen (secondary N) is 1. The highest BCUT2D eigenvalue weighted by atomic mass is 19.1. The summed E-state index contributed by atoms with van der Waals surface area (Å²) in [6, 6.07) is 3.48. The maximum Gasteiger partial charge on any atom is 0.273 e. The Morgan fingerprint density at radius 1 is 1.39 bits per heavy atom. The summed E-state index contributed by atoms with van der Waals surface area (Å²) >= 11 is 0. The number of halogens is 2. The van der Waals surface area contributed by atoms with E-state index in [1.165, 1.54) is 29.1 Å². The van der Waals surface area contributed by atoms with Gasteiger partial charge in [-0.1, -0.05) is 18.2 Å². The molecule has 23 heavy (non-hydrogen) atoms. The van der Waals surface area contributed by atoms with Gasteiger partial charge in [0.15, 0.2) is 5.69 Å². The van der Waals surface area contributed by atoms with Gasteiger partial charge in [0.1, 0.15) is 11.6 Å². The highest BCUT2D eigenvalue weighted by Gasteiger charge is 2.16. The van der Waals surface area contributed by atoms with Gasteiger partial charge in [-0.2, -0.15) is 0 Å². The summed E-state index contributed by atoms with van der Waals surface area (Å²) < 4.78 is 33.4. The summed E-state index contributed by atoms with van der Waals surface area (Å²) in [4.78, 5) is 12.1. The SMILES string of the molecule is CC[C@@H](COC)NC(=O)c1cn(Cc2c(F)cccc2F)nn1. The number of nitrogens with zero attached hydrogens (tertiary/aromatic N) is 3. The summed E-state index contributed by atoms with van der Waals surface area (Å²) in [7, 11) is 1.55. The highest BCUT2D eigenvalue weighted by molar-refractivity contribution is 5.92. The molecule has 124 valence electrons. The second-order valence-electron chi connectivity index (χ2n) is 5.04. The average Bonchev–Trinajstić information content (AvgIpc) is 2.99. The van der Waals surface area contributed by atoms with Crippen molar-refractivity contribution in [1.82, 2.24) is 20.3 Å². The number of hydrogen-bond acceptors (Lipinski definition) is 4. The van der Waals surface area contributed by atoms with Gasteiger partial charge in [0, 0.05) is 12.7 Å². The second kappa shape index (κ2) is 7.77. The number of ether oxygens (including phenoxy) is 1. The number of carbonyl (C=O) groups is 1. The molecule has 2 rings (SSSR count). The smallest absolute Gasteiger partial charge is 0.273 e. The molecule has 0 radical (unpaired) electrons. The van der Waals surface area contributed by atoms with Crippen LogP contribution in [-0.2, 0) is 11.3 Å². The highest BCUT2D eigenvalue weighted by Crippen LogP contribution is 2.13. The van der Waals surface area contributed by atoms with Crippen molar-refractivity contribution in [3.63, 3.8) is 0 Å². The lowest BCUT2D eigenvalue weighted by atomic mass is 10.2. The van der Waals surface area contributed by atoms with Crippen molar-refractivity contribution in [2.45, 2.75) is 25.9 Å². The first-order chi connectivity index (χ1) is 11.0. The fourth-order valence-electron chi connectivity index (χ4n) is 2.05. The van der Waals surface area contributed by atoms with E-state index >= 15 is 0 Å². The average molecular weight is 324 g/mol. The van der Waals surface area contributed by atoms with Crippen LogP contribution in [0.2, 0.25) is 0 Å². The predicted molar refractivity (Wildman–Crippen MR) is 78.9 cm³/mol. The molecule has 6 nitrogen and oxygen atoms in total. The zero-order valence-electron chi connectivity index (χ0n) is 12.9. The lowest BCUT2D eigenvalue weighted by molar-refractivity contribution is 0.0889. The van der Waals surface area contributed by atoms with E-state index in [0.29, 0.717) is 13.0 Å². The van der Waals surface area contributed by atoms with E-state index in [1.54, 1.807) is 7.11 Å². The van der Waals surface area contributed by atoms with Gasteiger partial charge in [-0.3, -0.25) is 4.79 Å². The van der Waals surface area contributed by atoms with Crippen LogP contribution < -0.4 is 5.32 Å². The van der Waals surface area contributed by atoms with Crippen LogP contribution in [0.1, 0.15) is 29.4 Å². The van der Waals surface area contributed by atoms with Crippen LogP contribution in [0.15, 0.2) is 24.4 Å². The van der Waals surface area contributed by atoms with Crippen molar-refractivity contribution in [2.75, 3.05) is 13.7 Å². The normalized spacial score (nSPS) is 12.2. The number of carbonyl (C=O) groups excluding carboxylic acids is 1. The Bertz CT molecular complexity index is 655. The molecule has 0 saturated carbocycles. The fraction of sp³-hybridized carbons (Fsp3) is 0.400. The topological polar surface area (TPSA) is 69.0 Å². The van der Waals surface area contributed by atoms with E-state index < -0.39 is 17.5 Å². The van der Waals surface area contributed by atoms with E-state index in [1.807, 2.05) is 6.92 Å². The van der Waals surface area contributed by atoms with Crippen LogP contribution >= 0.6 is 0 Å². The van der Waals surface area contributed by atoms with E-state index in [0.717, 1.165) is 0 Å². The Kier molecular flexibility index (Phi) is 5.75. The monoisotopic (exact) mass is 324 g/mol. The van der Waals surface area contributed by atoms with Crippen molar-refractivity contribution in [3.05, 3.63) is 47.3 Å². The van der Waals surface area contributed by atoms with Crippen molar-refractivity contribution in [3.8, 4) is 0 Å². The number of methoxy groups -OCH3 is 1. The maximum atomic E-state index is 13.6. The largest absolute Gasteiger partial charge is 0.383 e. The lowest BCUT2D eigenvalue weighted by Gasteiger charge is -2.14. The van der Waals surface area contributed by atoms with Gasteiger partial charge in [-0.15, -0.1) is 5.10 Å². The molecule has 2 aromatic rings. The minimum Gasteiger partial charge on any atom is -0.383 e. The van der Waals surface area contributed by atoms with E-state index in [-0.39, 0.29) is 23.8 Å². The van der Waals surface area contributed by atoms with Gasteiger partial charge < -0.3 is 10.1 Å². The van der Waals surface area contributed by atoms with Gasteiger partial charge in [0.05, 0.1) is 25.4 Å². The van der Waals surface area contributed by atoms with Gasteiger partial charge in [-0.25, -0.2) is 13.5 Å². The molecule has 0 unspecified atom stereocenters. The lowest BCUT2D eigenvalue weighted by Crippen LogP contribution is -2.37. The first-order valence-electron chi connectivity index (χ1n) is 7.18. The molecule has 1 atom stereocenters. The zero-order chi connectivity index (χ0) is 16.8. The molecule has 1 aromatic heterocycles. The third-order valence-electron chi connectivity index (χ3n) is 3.35. The molecule has 0 fully saturated rings. The fourth-order valence-corrected chi connectivity index (χ4v) is 2.05. The number of aromatic nitrogens is 3. The number of rotatable bonds is 7. The van der Waals surface area contributed by atoms with E-state index in [9.17, 15) is 13.6 Å². The summed E-state index contributed by atoms with van der Waals surface area (Å²) in [5, 5.41) is 10.2. The summed E-state index contributed by atoms with van der Waals surface area (Å²) in [6.45, 7) is 2.16. The van der Waals surface area contributed by atoms with E-state index in [2.05, 4.69) is 15.6 Å². The summed E-state index contributed by atoms with van der Waals surface area (Å²) in [5.41, 5.74) is -0.0496. The van der Waals surface area contributed by atoms with Gasteiger partial charge in [0.25, 0.3) is 5.91 Å². The van der Waals surface area contributed by atoms with Crippen molar-refractivity contribution in [2.24, 2.45) is 0 Å². The molecular weight excluding hydrogens is 306 g/mol. The minimum atomic E-state index is -0.669. The second-order valence-corrected chi connectivity index (χ2v) is 5.04. The molecule has 0 aliphatic carbocycles. The molecule has 1 N–H and O–H groups in total. The molecule has 0 saturated heterocycles. The molecule has 0 aliphatic rings. The molecule has 1 aromatic carbocycles. The Morgan fingerprint density at radius 2 is 2.09 bits per heavy atom. The van der Waals surface area contributed by atoms with Crippen molar-refractivity contribution < 1.29 is 18.3 Å². The molecule has 0 aliphatic heterocycles. The van der Waals surface area contributed by atoms with Crippen LogP contribution in [-0.4, -0.2) is 40.7 Å². The molecule has 0 spiro atoms. The van der Waals surface area contributed by atoms with Gasteiger partial charge in [0.2, 0.25) is 0 Å². The van der Waals surface area contributed by atoms with Crippen LogP contribution in [0.4, 0.5) is 8.78 Å². The van der Waals surface area contributed by atoms with Gasteiger partial charge in [-0.05, 0) is 18.6 Å². The first-order valence-corrected chi connectivity index (χ1v) is 7.18. The Labute approximate surface area is 132 Å². The summed E-state index contributed by atoms with van der Waals surface area (Å²) in [6.07, 6.45) is 2.05. The van der Waals surface area contributed by atoms with Crippen molar-refractivity contribution in [1.29, 1.82) is 0 Å². The minimum absolute atomic E-state index is 0.0799. The van der Waals surface area contributed by atoms with Gasteiger partial charge >= 0.3 is 0 Å². The molecule has 0 bridgehead atoms. The quantitative estimate of drug-likeness (QED) is 0.842. The predicted octanol–water partition coefficient (Wildman–Crippen LogP) is 1.76. The number of benzene rings is 1. The Hall–Kier alpha value is -2.35. The van der Waals surface area contributed by atoms with Crippen molar-refractivity contribution >= 4 is 5.91 Å². The van der Waals surface area contributed by atoms with Crippen LogP contribution in [0, 0.1) is 11.6 Å². The van der Waals surface area contributed by atoms with E-state index in [4.69, 9.17) is 4.74 Å². The molecule has 1 heterocycles. The summed E-state index contributed by atoms with van der Waals surface area (Å²) in [5.74, 6) is -1.75. The standard InChI is InChI=1S/C15H18F2N4O2/c1-3-10(9-23-2)18-15(22)14-8-21(20-19-14)7-11-12(16)5-4-6-13(11)17/h4-6,8,10H,3,7,9H2,1-2H3,(H,18,22)/t10-/m0/s1. The molecule has 1 amide bonds. The van der Waals surface area contributed by atoms with Crippen LogP contribution in [0.25, 0.3) is 0 Å². The Morgan fingerprint density at radius 3 is 2.70 bits per heavy atom. The first kappa shape index (κ1) is 17.0.